The zero-order chi connectivity index (χ0) is 30.9. The summed E-state index contributed by atoms with van der Waals surface area (Å²) in [6, 6.07) is 19.9. The van der Waals surface area contributed by atoms with Gasteiger partial charge in [-0.2, -0.15) is 4.31 Å². The average Bonchev–Trinajstić information content (AvgIpc) is 2.96. The van der Waals surface area contributed by atoms with Crippen molar-refractivity contribution in [3.05, 3.63) is 95.1 Å². The standard InChI is InChI=1S/C32H39BN2O6S/c1-22(2)19-35(42(39,40)27-15-13-26(14-16-27)29(36)18-33)20-30(37)28(17-25-11-6-5-7-12-25)34-31(38)21-41-32-23(3)9-8-10-24(32)4/h5-16,22,28,30,37H,17-21H2,1-4H3,(H,34,38)/t28-,30+/m0/s1. The Balaban J connectivity index is 1.82. The molecule has 0 aliphatic heterocycles. The van der Waals surface area contributed by atoms with Gasteiger partial charge in [-0.05, 0) is 61.3 Å². The first-order valence-corrected chi connectivity index (χ1v) is 15.4. The predicted molar refractivity (Wildman–Crippen MR) is 164 cm³/mol. The highest BCUT2D eigenvalue weighted by Gasteiger charge is 2.31. The molecule has 0 fully saturated rings. The van der Waals surface area contributed by atoms with Crippen LogP contribution in [0, 0.1) is 19.8 Å². The topological polar surface area (TPSA) is 113 Å². The van der Waals surface area contributed by atoms with Gasteiger partial charge in [0.25, 0.3) is 5.91 Å². The zero-order valence-electron chi connectivity index (χ0n) is 24.6. The van der Waals surface area contributed by atoms with Crippen molar-refractivity contribution in [3.8, 4) is 5.75 Å². The molecule has 3 rings (SSSR count). The number of ether oxygens (including phenoxy) is 1. The summed E-state index contributed by atoms with van der Waals surface area (Å²) in [6.07, 6.45) is -1.13. The minimum atomic E-state index is -4.04. The fraction of sp³-hybridized carbons (Fsp3) is 0.375. The number of rotatable bonds is 15. The third-order valence-electron chi connectivity index (χ3n) is 6.82. The number of nitrogens with one attached hydrogen (secondary N) is 1. The van der Waals surface area contributed by atoms with E-state index >= 15 is 0 Å². The molecule has 10 heteroatoms. The Hall–Kier alpha value is -3.47. The van der Waals surface area contributed by atoms with Crippen molar-refractivity contribution in [1.29, 1.82) is 0 Å². The zero-order valence-corrected chi connectivity index (χ0v) is 25.4. The van der Waals surface area contributed by atoms with E-state index in [0.29, 0.717) is 11.3 Å². The molecule has 0 spiro atoms. The Morgan fingerprint density at radius 2 is 1.55 bits per heavy atom. The molecule has 3 aromatic carbocycles. The summed E-state index contributed by atoms with van der Waals surface area (Å²) in [5.41, 5.74) is 2.99. The lowest BCUT2D eigenvalue weighted by molar-refractivity contribution is -0.124. The quantitative estimate of drug-likeness (QED) is 0.205. The Labute approximate surface area is 250 Å². The number of sulfonamides is 1. The smallest absolute Gasteiger partial charge is 0.258 e. The van der Waals surface area contributed by atoms with E-state index < -0.39 is 28.1 Å². The first-order chi connectivity index (χ1) is 19.9. The highest BCUT2D eigenvalue weighted by Crippen LogP contribution is 2.23. The van der Waals surface area contributed by atoms with Gasteiger partial charge in [0.15, 0.2) is 12.4 Å². The van der Waals surface area contributed by atoms with E-state index in [0.717, 1.165) is 16.7 Å². The number of carbonyl (C=O) groups is 2. The maximum Gasteiger partial charge on any atom is 0.258 e. The SMILES string of the molecule is [B]CC(=O)c1ccc(S(=O)(=O)N(CC(C)C)C[C@@H](O)[C@H](Cc2ccccc2)NC(=O)COc2c(C)cccc2C)cc1. The Morgan fingerprint density at radius 3 is 2.12 bits per heavy atom. The molecule has 3 aromatic rings. The van der Waals surface area contributed by atoms with Crippen LogP contribution in [0.2, 0.25) is 6.32 Å². The van der Waals surface area contributed by atoms with Gasteiger partial charge in [0.05, 0.1) is 24.9 Å². The van der Waals surface area contributed by atoms with Gasteiger partial charge in [0.2, 0.25) is 10.0 Å². The monoisotopic (exact) mass is 590 g/mol. The lowest BCUT2D eigenvalue weighted by atomic mass is 9.96. The molecule has 222 valence electrons. The van der Waals surface area contributed by atoms with E-state index in [1.807, 2.05) is 76.2 Å². The second-order valence-corrected chi connectivity index (χ2v) is 12.7. The molecule has 1 amide bonds. The molecule has 0 saturated carbocycles. The number of nitrogens with zero attached hydrogens (tertiary/aromatic N) is 1. The average molecular weight is 591 g/mol. The lowest BCUT2D eigenvalue weighted by Gasteiger charge is -2.31. The van der Waals surface area contributed by atoms with Crippen molar-refractivity contribution in [3.63, 3.8) is 0 Å². The van der Waals surface area contributed by atoms with Crippen molar-refractivity contribution >= 4 is 29.6 Å². The maximum atomic E-state index is 13.7. The van der Waals surface area contributed by atoms with Crippen molar-refractivity contribution in [2.75, 3.05) is 19.7 Å². The minimum Gasteiger partial charge on any atom is -0.483 e. The Bertz CT molecular complexity index is 1430. The van der Waals surface area contributed by atoms with Gasteiger partial charge in [-0.3, -0.25) is 9.59 Å². The molecule has 0 aliphatic carbocycles. The van der Waals surface area contributed by atoms with Crippen LogP contribution in [0.5, 0.6) is 5.75 Å². The van der Waals surface area contributed by atoms with Crippen LogP contribution in [0.3, 0.4) is 0 Å². The van der Waals surface area contributed by atoms with Crippen LogP contribution < -0.4 is 10.1 Å². The number of benzene rings is 3. The molecule has 2 atom stereocenters. The fourth-order valence-electron chi connectivity index (χ4n) is 4.66. The number of aliphatic hydroxyl groups excluding tert-OH is 1. The van der Waals surface area contributed by atoms with E-state index in [9.17, 15) is 23.1 Å². The number of Topliss-reactive ketones (excluding diaryl/α,β-unsaturated/α-hetero) is 1. The largest absolute Gasteiger partial charge is 0.483 e. The molecule has 0 heterocycles. The molecule has 0 unspecified atom stereocenters. The summed E-state index contributed by atoms with van der Waals surface area (Å²) in [4.78, 5) is 24.9. The van der Waals surface area contributed by atoms with E-state index in [2.05, 4.69) is 5.32 Å². The molecule has 0 aliphatic rings. The fourth-order valence-corrected chi connectivity index (χ4v) is 6.28. The van der Waals surface area contributed by atoms with Crippen LogP contribution in [0.4, 0.5) is 0 Å². The van der Waals surface area contributed by atoms with Crippen LogP contribution >= 0.6 is 0 Å². The first kappa shape index (κ1) is 33.0. The third-order valence-corrected chi connectivity index (χ3v) is 8.67. The van der Waals surface area contributed by atoms with Gasteiger partial charge in [0, 0.05) is 18.7 Å². The van der Waals surface area contributed by atoms with Gasteiger partial charge >= 0.3 is 0 Å². The van der Waals surface area contributed by atoms with Crippen LogP contribution in [0.25, 0.3) is 0 Å². The maximum absolute atomic E-state index is 13.7. The summed E-state index contributed by atoms with van der Waals surface area (Å²) in [6.45, 7) is 7.19. The van der Waals surface area contributed by atoms with Gasteiger partial charge in [-0.1, -0.05) is 74.5 Å². The Morgan fingerprint density at radius 1 is 0.929 bits per heavy atom. The lowest BCUT2D eigenvalue weighted by Crippen LogP contribution is -2.52. The number of ketones is 1. The van der Waals surface area contributed by atoms with E-state index in [4.69, 9.17) is 12.6 Å². The van der Waals surface area contributed by atoms with Gasteiger partial charge in [0.1, 0.15) is 5.75 Å². The minimum absolute atomic E-state index is 0.00503. The van der Waals surface area contributed by atoms with E-state index in [1.54, 1.807) is 0 Å². The second-order valence-electron chi connectivity index (χ2n) is 10.8. The van der Waals surface area contributed by atoms with Crippen molar-refractivity contribution in [2.24, 2.45) is 5.92 Å². The molecule has 0 saturated heterocycles. The summed E-state index contributed by atoms with van der Waals surface area (Å²) in [7, 11) is 1.39. The highest BCUT2D eigenvalue weighted by molar-refractivity contribution is 7.89. The summed E-state index contributed by atoms with van der Waals surface area (Å²) in [5.74, 6) is -0.148. The molecule has 8 nitrogen and oxygen atoms in total. The van der Waals surface area contributed by atoms with Gasteiger partial charge < -0.3 is 15.2 Å². The molecule has 42 heavy (non-hydrogen) atoms. The first-order valence-electron chi connectivity index (χ1n) is 14.0. The molecule has 0 aromatic heterocycles. The van der Waals surface area contributed by atoms with Crippen molar-refractivity contribution in [1.82, 2.24) is 9.62 Å². The van der Waals surface area contributed by atoms with E-state index in [-0.39, 0.29) is 49.0 Å². The number of para-hydroxylation sites is 1. The molecule has 2 N–H and O–H groups in total. The van der Waals surface area contributed by atoms with Crippen LogP contribution in [0.1, 0.15) is 40.9 Å². The van der Waals surface area contributed by atoms with Crippen LogP contribution in [-0.2, 0) is 21.2 Å². The number of carbonyl (C=O) groups excluding carboxylic acids is 2. The number of aliphatic hydroxyl groups is 1. The van der Waals surface area contributed by atoms with Crippen molar-refractivity contribution < 1.29 is 27.9 Å². The van der Waals surface area contributed by atoms with E-state index in [1.165, 1.54) is 28.6 Å². The molecular weight excluding hydrogens is 551 g/mol. The summed E-state index contributed by atoms with van der Waals surface area (Å²) >= 11 is 0. The normalized spacial score (nSPS) is 13.1. The van der Waals surface area contributed by atoms with Gasteiger partial charge in [-0.15, -0.1) is 0 Å². The molecule has 0 bridgehead atoms. The second kappa shape index (κ2) is 15.1. The third kappa shape index (κ3) is 9.02. The summed E-state index contributed by atoms with van der Waals surface area (Å²) in [5, 5.41) is 14.3. The van der Waals surface area contributed by atoms with Crippen LogP contribution in [0.15, 0.2) is 77.7 Å². The Kier molecular flexibility index (Phi) is 11.9. The number of hydrogen-bond acceptors (Lipinski definition) is 6. The highest BCUT2D eigenvalue weighted by atomic mass is 32.2. The van der Waals surface area contributed by atoms with Gasteiger partial charge in [-0.25, -0.2) is 8.42 Å². The number of amides is 1. The molecular formula is C32H39BN2O6S. The predicted octanol–water partition coefficient (Wildman–Crippen LogP) is 3.89. The summed E-state index contributed by atoms with van der Waals surface area (Å²) < 4.78 is 34.4. The van der Waals surface area contributed by atoms with Crippen molar-refractivity contribution in [2.45, 2.75) is 57.5 Å². The van der Waals surface area contributed by atoms with Crippen LogP contribution in [-0.4, -0.2) is 69.2 Å². The molecule has 2 radical (unpaired) electrons. The number of aryl methyl sites for hydroxylation is 2. The number of hydrogen-bond donors (Lipinski definition) is 2.